The molecule has 0 aliphatic carbocycles. The van der Waals surface area contributed by atoms with E-state index in [0.717, 1.165) is 28.3 Å². The quantitative estimate of drug-likeness (QED) is 0.772. The highest BCUT2D eigenvalue weighted by atomic mass is 32.2. The zero-order chi connectivity index (χ0) is 18.9. The van der Waals surface area contributed by atoms with Crippen molar-refractivity contribution in [3.8, 4) is 0 Å². The number of amides is 2. The average molecular weight is 385 g/mol. The van der Waals surface area contributed by atoms with Gasteiger partial charge < -0.3 is 20.7 Å². The predicted octanol–water partition coefficient (Wildman–Crippen LogP) is 2.88. The minimum atomic E-state index is -0.458. The fraction of sp³-hybridized carbons (Fsp3) is 0.421. The summed E-state index contributed by atoms with van der Waals surface area (Å²) in [6, 6.07) is 7.78. The summed E-state index contributed by atoms with van der Waals surface area (Å²) in [5.74, 6) is 0.271. The molecule has 8 heteroatoms. The zero-order valence-corrected chi connectivity index (χ0v) is 16.1. The number of carbonyl (C=O) groups excluding carboxylic acids is 1. The third-order valence-corrected chi connectivity index (χ3v) is 5.97. The lowest BCUT2D eigenvalue weighted by Gasteiger charge is -2.43. The molecule has 27 heavy (non-hydrogen) atoms. The van der Waals surface area contributed by atoms with E-state index in [2.05, 4.69) is 15.3 Å². The smallest absolute Gasteiger partial charge is 0.321 e. The van der Waals surface area contributed by atoms with Crippen LogP contribution in [0.2, 0.25) is 0 Å². The van der Waals surface area contributed by atoms with Crippen LogP contribution < -0.4 is 11.1 Å². The normalized spacial score (nSPS) is 18.2. The molecule has 0 atom stereocenters. The van der Waals surface area contributed by atoms with Crippen molar-refractivity contribution in [2.75, 3.05) is 37.0 Å². The Morgan fingerprint density at radius 3 is 2.96 bits per heavy atom. The number of hydrogen-bond acceptors (Lipinski definition) is 6. The molecule has 0 radical (unpaired) electrons. The van der Waals surface area contributed by atoms with Gasteiger partial charge in [-0.15, -0.1) is 11.8 Å². The average Bonchev–Trinajstić information content (AvgIpc) is 2.69. The molecular weight excluding hydrogens is 362 g/mol. The first kappa shape index (κ1) is 18.1. The Hall–Kier alpha value is -2.32. The number of nitrogens with two attached hydrogens (primary N) is 1. The number of nitrogens with one attached hydrogen (secondary N) is 1. The fourth-order valence-corrected chi connectivity index (χ4v) is 4.24. The summed E-state index contributed by atoms with van der Waals surface area (Å²) < 4.78 is 6.16. The number of carbonyl (C=O) groups is 1. The van der Waals surface area contributed by atoms with Crippen molar-refractivity contribution in [2.45, 2.75) is 29.8 Å². The van der Waals surface area contributed by atoms with E-state index in [9.17, 15) is 4.79 Å². The molecule has 7 nitrogen and oxygen atoms in total. The van der Waals surface area contributed by atoms with E-state index in [4.69, 9.17) is 10.5 Å². The summed E-state index contributed by atoms with van der Waals surface area (Å²) in [6.45, 7) is 1.86. The van der Waals surface area contributed by atoms with Gasteiger partial charge in [0.05, 0.1) is 12.3 Å². The minimum absolute atomic E-state index is 0.0821. The third kappa shape index (κ3) is 3.59. The Labute approximate surface area is 162 Å². The number of piperidine rings is 1. The maximum atomic E-state index is 12.7. The lowest BCUT2D eigenvalue weighted by Crippen LogP contribution is -2.50. The van der Waals surface area contributed by atoms with E-state index < -0.39 is 5.60 Å². The van der Waals surface area contributed by atoms with Gasteiger partial charge in [0.25, 0.3) is 0 Å². The van der Waals surface area contributed by atoms with E-state index >= 15 is 0 Å². The van der Waals surface area contributed by atoms with Gasteiger partial charge in [0.15, 0.2) is 0 Å². The number of benzene rings is 1. The van der Waals surface area contributed by atoms with Gasteiger partial charge in [-0.05, 0) is 49.3 Å². The molecule has 1 saturated heterocycles. The van der Waals surface area contributed by atoms with Crippen LogP contribution in [0.4, 0.5) is 16.4 Å². The molecule has 0 unspecified atom stereocenters. The van der Waals surface area contributed by atoms with Crippen molar-refractivity contribution in [1.29, 1.82) is 0 Å². The molecule has 0 saturated carbocycles. The highest BCUT2D eigenvalue weighted by Gasteiger charge is 2.43. The highest BCUT2D eigenvalue weighted by molar-refractivity contribution is 7.98. The number of urea groups is 1. The van der Waals surface area contributed by atoms with Crippen LogP contribution in [0.25, 0.3) is 0 Å². The Morgan fingerprint density at radius 1 is 1.37 bits per heavy atom. The number of thioether (sulfide) groups is 1. The fourth-order valence-electron chi connectivity index (χ4n) is 3.78. The summed E-state index contributed by atoms with van der Waals surface area (Å²) in [4.78, 5) is 24.2. The van der Waals surface area contributed by atoms with E-state index in [1.807, 2.05) is 35.4 Å². The molecular formula is C19H23N5O2S. The number of hydrogen-bond donors (Lipinski definition) is 2. The second kappa shape index (κ2) is 7.36. The molecule has 0 bridgehead atoms. The lowest BCUT2D eigenvalue weighted by atomic mass is 9.83. The Kier molecular flexibility index (Phi) is 4.92. The van der Waals surface area contributed by atoms with Gasteiger partial charge in [-0.2, -0.15) is 0 Å². The van der Waals surface area contributed by atoms with Crippen LogP contribution in [0.5, 0.6) is 0 Å². The van der Waals surface area contributed by atoms with Crippen LogP contribution in [0, 0.1) is 0 Å². The Bertz CT molecular complexity index is 852. The summed E-state index contributed by atoms with van der Waals surface area (Å²) in [5.41, 5.74) is 8.15. The maximum Gasteiger partial charge on any atom is 0.321 e. The van der Waals surface area contributed by atoms with E-state index in [1.54, 1.807) is 18.0 Å². The molecule has 2 amide bonds. The zero-order valence-electron chi connectivity index (χ0n) is 15.3. The number of likely N-dealkylation sites (tertiary alicyclic amines) is 1. The van der Waals surface area contributed by atoms with Crippen LogP contribution in [-0.4, -0.2) is 46.9 Å². The molecule has 1 aromatic heterocycles. The maximum absolute atomic E-state index is 12.7. The number of aromatic nitrogens is 2. The predicted molar refractivity (Wildman–Crippen MR) is 106 cm³/mol. The Morgan fingerprint density at radius 2 is 2.19 bits per heavy atom. The topological polar surface area (TPSA) is 93.4 Å². The second-order valence-electron chi connectivity index (χ2n) is 6.84. The second-order valence-corrected chi connectivity index (χ2v) is 7.72. The van der Waals surface area contributed by atoms with Crippen LogP contribution in [0.1, 0.15) is 24.1 Å². The van der Waals surface area contributed by atoms with E-state index in [0.29, 0.717) is 32.5 Å². The van der Waals surface area contributed by atoms with Gasteiger partial charge >= 0.3 is 6.03 Å². The van der Waals surface area contributed by atoms with Crippen LogP contribution in [0.3, 0.4) is 0 Å². The first-order chi connectivity index (χ1) is 13.1. The van der Waals surface area contributed by atoms with Gasteiger partial charge in [0, 0.05) is 29.9 Å². The Balaban J connectivity index is 1.45. The SMILES string of the molecule is CSc1cccc(NC(=O)N2CCC3(CC2)OCCc2cnc(N)nc23)c1. The molecule has 1 aromatic carbocycles. The van der Waals surface area contributed by atoms with Gasteiger partial charge in [0.1, 0.15) is 5.60 Å². The molecule has 1 spiro atoms. The molecule has 3 heterocycles. The van der Waals surface area contributed by atoms with Crippen molar-refractivity contribution >= 4 is 29.4 Å². The molecule has 142 valence electrons. The molecule has 2 aliphatic rings. The number of anilines is 2. The monoisotopic (exact) mass is 385 g/mol. The molecule has 2 aromatic rings. The number of fused-ring (bicyclic) bond motifs is 2. The van der Waals surface area contributed by atoms with Gasteiger partial charge in [0.2, 0.25) is 5.95 Å². The first-order valence-corrected chi connectivity index (χ1v) is 10.3. The summed E-state index contributed by atoms with van der Waals surface area (Å²) in [6.07, 6.45) is 6.03. The van der Waals surface area contributed by atoms with Crippen molar-refractivity contribution in [3.63, 3.8) is 0 Å². The lowest BCUT2D eigenvalue weighted by molar-refractivity contribution is -0.0953. The molecule has 1 fully saturated rings. The summed E-state index contributed by atoms with van der Waals surface area (Å²) in [5, 5.41) is 2.99. The summed E-state index contributed by atoms with van der Waals surface area (Å²) >= 11 is 1.65. The summed E-state index contributed by atoms with van der Waals surface area (Å²) in [7, 11) is 0. The minimum Gasteiger partial charge on any atom is -0.368 e. The van der Waals surface area contributed by atoms with Gasteiger partial charge in [-0.3, -0.25) is 0 Å². The van der Waals surface area contributed by atoms with Crippen molar-refractivity contribution in [3.05, 3.63) is 41.7 Å². The number of nitrogens with zero attached hydrogens (tertiary/aromatic N) is 3. The van der Waals surface area contributed by atoms with Crippen molar-refractivity contribution in [1.82, 2.24) is 14.9 Å². The largest absolute Gasteiger partial charge is 0.368 e. The highest BCUT2D eigenvalue weighted by Crippen LogP contribution is 2.40. The van der Waals surface area contributed by atoms with Crippen molar-refractivity contribution in [2.24, 2.45) is 0 Å². The van der Waals surface area contributed by atoms with E-state index in [1.165, 1.54) is 0 Å². The van der Waals surface area contributed by atoms with Gasteiger partial charge in [-0.1, -0.05) is 6.07 Å². The molecule has 2 aliphatic heterocycles. The first-order valence-electron chi connectivity index (χ1n) is 9.05. The van der Waals surface area contributed by atoms with Gasteiger partial charge in [-0.25, -0.2) is 14.8 Å². The molecule has 3 N–H and O–H groups in total. The molecule has 4 rings (SSSR count). The number of rotatable bonds is 2. The third-order valence-electron chi connectivity index (χ3n) is 5.24. The van der Waals surface area contributed by atoms with E-state index in [-0.39, 0.29) is 12.0 Å². The van der Waals surface area contributed by atoms with Crippen LogP contribution in [0.15, 0.2) is 35.4 Å². The standard InChI is InChI=1S/C19H23N5O2S/c1-27-15-4-2-3-14(11-15)22-18(25)24-8-6-19(7-9-24)16-13(5-10-26-19)12-21-17(20)23-16/h2-4,11-12H,5-10H2,1H3,(H,22,25)(H2,20,21,23). The number of nitrogen functional groups attached to an aromatic ring is 1. The van der Waals surface area contributed by atoms with Crippen molar-refractivity contribution < 1.29 is 9.53 Å². The number of ether oxygens (including phenoxy) is 1. The van der Waals surface area contributed by atoms with Crippen LogP contribution in [-0.2, 0) is 16.8 Å². The van der Waals surface area contributed by atoms with Crippen LogP contribution >= 0.6 is 11.8 Å².